The van der Waals surface area contributed by atoms with Crippen LogP contribution in [0.4, 0.5) is 0 Å². The Bertz CT molecular complexity index is 1310. The zero-order valence-corrected chi connectivity index (χ0v) is 46.7. The number of rotatable bonds is 53. The topological polar surface area (TPSA) is 108 Å². The maximum atomic E-state index is 12.8. The molecule has 2 atom stereocenters. The number of phosphoric acid groups is 1. The third kappa shape index (κ3) is 55.1. The minimum atomic E-state index is -4.38. The molecule has 10 heteroatoms. The van der Waals surface area contributed by atoms with Crippen molar-refractivity contribution in [3.05, 3.63) is 48.6 Å². The van der Waals surface area contributed by atoms with Gasteiger partial charge >= 0.3 is 19.8 Å². The first-order valence-corrected chi connectivity index (χ1v) is 30.4. The third-order valence-electron chi connectivity index (χ3n) is 12.6. The second-order valence-corrected chi connectivity index (χ2v) is 22.1. The molecule has 0 fully saturated rings. The first-order chi connectivity index (χ1) is 33.5. The lowest BCUT2D eigenvalue weighted by Crippen LogP contribution is -2.37. The van der Waals surface area contributed by atoms with Crippen LogP contribution in [0.3, 0.4) is 0 Å². The molecule has 0 spiro atoms. The summed E-state index contributed by atoms with van der Waals surface area (Å²) in [6, 6.07) is 0. The van der Waals surface area contributed by atoms with Crippen LogP contribution < -0.4 is 0 Å². The van der Waals surface area contributed by atoms with Gasteiger partial charge in [-0.3, -0.25) is 18.6 Å². The molecule has 0 saturated heterocycles. The molecule has 1 N–H and O–H groups in total. The van der Waals surface area contributed by atoms with Gasteiger partial charge in [0.05, 0.1) is 27.7 Å². The van der Waals surface area contributed by atoms with E-state index in [2.05, 4.69) is 62.5 Å². The summed E-state index contributed by atoms with van der Waals surface area (Å²) in [6.45, 7) is 4.35. The van der Waals surface area contributed by atoms with Gasteiger partial charge in [-0.15, -0.1) is 0 Å². The Labute approximate surface area is 426 Å². The van der Waals surface area contributed by atoms with E-state index in [1.807, 2.05) is 21.1 Å². The second kappa shape index (κ2) is 50.9. The maximum absolute atomic E-state index is 12.8. The number of allylic oxidation sites excluding steroid dienone is 8. The van der Waals surface area contributed by atoms with E-state index in [1.54, 1.807) is 0 Å². The normalized spacial score (nSPS) is 13.7. The number of ether oxygens (including phenoxy) is 2. The van der Waals surface area contributed by atoms with Crippen molar-refractivity contribution in [1.29, 1.82) is 0 Å². The summed E-state index contributed by atoms with van der Waals surface area (Å²) < 4.78 is 34.5. The quantitative estimate of drug-likeness (QED) is 0.0211. The van der Waals surface area contributed by atoms with Crippen molar-refractivity contribution >= 4 is 19.8 Å². The maximum Gasteiger partial charge on any atom is 0.472 e. The number of phosphoric ester groups is 1. The van der Waals surface area contributed by atoms with Crippen molar-refractivity contribution in [2.45, 2.75) is 270 Å². The van der Waals surface area contributed by atoms with Crippen LogP contribution in [-0.4, -0.2) is 74.9 Å². The highest BCUT2D eigenvalue weighted by molar-refractivity contribution is 7.47. The first-order valence-electron chi connectivity index (χ1n) is 28.9. The molecule has 0 bridgehead atoms. The third-order valence-corrected chi connectivity index (χ3v) is 13.6. The van der Waals surface area contributed by atoms with E-state index in [0.29, 0.717) is 23.9 Å². The largest absolute Gasteiger partial charge is 0.472 e. The van der Waals surface area contributed by atoms with E-state index in [1.165, 1.54) is 173 Å². The molecule has 0 aliphatic carbocycles. The van der Waals surface area contributed by atoms with Gasteiger partial charge in [-0.25, -0.2) is 4.57 Å². The molecule has 0 saturated carbocycles. The molecule has 0 aliphatic heterocycles. The number of nitrogens with zero attached hydrogens (tertiary/aromatic N) is 1. The zero-order chi connectivity index (χ0) is 50.6. The molecule has 69 heavy (non-hydrogen) atoms. The number of hydrogen-bond acceptors (Lipinski definition) is 7. The van der Waals surface area contributed by atoms with Crippen molar-refractivity contribution in [3.8, 4) is 0 Å². The predicted octanol–water partition coefficient (Wildman–Crippen LogP) is 17.8. The number of carbonyl (C=O) groups is 2. The van der Waals surface area contributed by atoms with Gasteiger partial charge in [0.15, 0.2) is 6.10 Å². The van der Waals surface area contributed by atoms with Crippen LogP contribution in [0.2, 0.25) is 0 Å². The van der Waals surface area contributed by atoms with Crippen LogP contribution in [0.5, 0.6) is 0 Å². The second-order valence-electron chi connectivity index (χ2n) is 20.7. The van der Waals surface area contributed by atoms with E-state index in [4.69, 9.17) is 18.5 Å². The Morgan fingerprint density at radius 2 is 0.826 bits per heavy atom. The predicted molar refractivity (Wildman–Crippen MR) is 293 cm³/mol. The number of hydrogen-bond donors (Lipinski definition) is 1. The van der Waals surface area contributed by atoms with Gasteiger partial charge in [0, 0.05) is 12.8 Å². The monoisotopic (exact) mass is 993 g/mol. The number of unbranched alkanes of at least 4 members (excludes halogenated alkanes) is 31. The SMILES string of the molecule is CC/C=C\C/C=C\C/C=C\C/C=C\CCCCCCCCCCCCCCCCCCCCC(=O)OC(COC(=O)CCCCCCCCCCCCCCCC)COP(=O)(O)OCC[N+](C)(C)C. The van der Waals surface area contributed by atoms with Crippen LogP contribution in [0, 0.1) is 0 Å². The zero-order valence-electron chi connectivity index (χ0n) is 45.8. The Morgan fingerprint density at radius 3 is 1.23 bits per heavy atom. The van der Waals surface area contributed by atoms with Gasteiger partial charge in [-0.1, -0.05) is 249 Å². The van der Waals surface area contributed by atoms with Gasteiger partial charge in [-0.05, 0) is 51.4 Å². The molecular weight excluding hydrogens is 882 g/mol. The average Bonchev–Trinajstić information content (AvgIpc) is 3.31. The van der Waals surface area contributed by atoms with Crippen LogP contribution in [-0.2, 0) is 32.7 Å². The fourth-order valence-electron chi connectivity index (χ4n) is 8.19. The molecule has 9 nitrogen and oxygen atoms in total. The molecule has 0 aromatic heterocycles. The highest BCUT2D eigenvalue weighted by atomic mass is 31.2. The van der Waals surface area contributed by atoms with E-state index in [-0.39, 0.29) is 25.6 Å². The molecule has 0 amide bonds. The molecule has 0 aromatic carbocycles. The van der Waals surface area contributed by atoms with Gasteiger partial charge in [0.25, 0.3) is 0 Å². The molecule has 0 aliphatic rings. The van der Waals surface area contributed by atoms with E-state index in [9.17, 15) is 19.0 Å². The Kier molecular flexibility index (Phi) is 49.4. The highest BCUT2D eigenvalue weighted by Crippen LogP contribution is 2.43. The minimum absolute atomic E-state index is 0.0337. The lowest BCUT2D eigenvalue weighted by Gasteiger charge is -2.24. The number of quaternary nitrogens is 1. The number of esters is 2. The van der Waals surface area contributed by atoms with Crippen LogP contribution in [0.15, 0.2) is 48.6 Å². The average molecular weight is 994 g/mol. The molecule has 0 aromatic rings. The van der Waals surface area contributed by atoms with Crippen LogP contribution in [0.1, 0.15) is 264 Å². The lowest BCUT2D eigenvalue weighted by atomic mass is 10.0. The number of carbonyl (C=O) groups excluding carboxylic acids is 2. The fourth-order valence-corrected chi connectivity index (χ4v) is 8.93. The van der Waals surface area contributed by atoms with Crippen molar-refractivity contribution in [3.63, 3.8) is 0 Å². The lowest BCUT2D eigenvalue weighted by molar-refractivity contribution is -0.870. The molecule has 0 radical (unpaired) electrons. The van der Waals surface area contributed by atoms with Gasteiger partial charge in [-0.2, -0.15) is 0 Å². The van der Waals surface area contributed by atoms with Gasteiger partial charge < -0.3 is 18.9 Å². The van der Waals surface area contributed by atoms with Crippen LogP contribution in [0.25, 0.3) is 0 Å². The molecule has 0 heterocycles. The summed E-state index contributed by atoms with van der Waals surface area (Å²) >= 11 is 0. The molecule has 2 unspecified atom stereocenters. The van der Waals surface area contributed by atoms with Crippen molar-refractivity contribution < 1.29 is 42.1 Å². The summed E-state index contributed by atoms with van der Waals surface area (Å²) in [5.41, 5.74) is 0. The van der Waals surface area contributed by atoms with Crippen molar-refractivity contribution in [2.75, 3.05) is 47.5 Å². The van der Waals surface area contributed by atoms with Crippen molar-refractivity contribution in [1.82, 2.24) is 0 Å². The summed E-state index contributed by atoms with van der Waals surface area (Å²) in [5, 5.41) is 0. The van der Waals surface area contributed by atoms with Crippen molar-refractivity contribution in [2.24, 2.45) is 0 Å². The summed E-state index contributed by atoms with van der Waals surface area (Å²) in [7, 11) is 1.49. The van der Waals surface area contributed by atoms with Gasteiger partial charge in [0.2, 0.25) is 0 Å². The Morgan fingerprint density at radius 1 is 0.464 bits per heavy atom. The molecule has 404 valence electrons. The van der Waals surface area contributed by atoms with E-state index in [0.717, 1.165) is 57.8 Å². The fraction of sp³-hybridized carbons (Fsp3) is 0.831. The minimum Gasteiger partial charge on any atom is -0.462 e. The summed E-state index contributed by atoms with van der Waals surface area (Å²) in [6.07, 6.45) is 63.3. The van der Waals surface area contributed by atoms with Gasteiger partial charge in [0.1, 0.15) is 19.8 Å². The molecule has 0 rings (SSSR count). The molecular formula is C59H111NO8P+. The smallest absolute Gasteiger partial charge is 0.462 e. The Balaban J connectivity index is 4.04. The number of likely N-dealkylation sites (N-methyl/N-ethyl adjacent to an activating group) is 1. The Hall–Kier alpha value is -2.03. The van der Waals surface area contributed by atoms with Crippen LogP contribution >= 0.6 is 7.82 Å². The standard InChI is InChI=1S/C59H110NO8P/c1-6-8-10-12-14-16-18-20-22-23-24-25-26-27-28-29-30-31-32-33-34-35-36-37-38-40-42-44-46-48-50-52-59(62)68-57(56-67-69(63,64)66-54-53-60(3,4)5)55-65-58(61)51-49-47-45-43-41-39-21-19-17-15-13-11-9-7-2/h8,10,14,16,20,22,24-25,57H,6-7,9,11-13,15,17-19,21,23,26-56H2,1-5H3/p+1/b10-8-,16-14-,22-20-,25-24-. The summed E-state index contributed by atoms with van der Waals surface area (Å²) in [4.78, 5) is 35.6. The van der Waals surface area contributed by atoms with E-state index >= 15 is 0 Å². The van der Waals surface area contributed by atoms with E-state index < -0.39 is 26.5 Å². The highest BCUT2D eigenvalue weighted by Gasteiger charge is 2.27. The first kappa shape index (κ1) is 67.0. The summed E-state index contributed by atoms with van der Waals surface area (Å²) in [5.74, 6) is -0.785.